The molecule has 0 bridgehead atoms. The van der Waals surface area contributed by atoms with Gasteiger partial charge in [0.05, 0.1) is 5.56 Å². The van der Waals surface area contributed by atoms with Gasteiger partial charge in [-0.15, -0.1) is 0 Å². The van der Waals surface area contributed by atoms with Crippen molar-refractivity contribution in [3.05, 3.63) is 72.4 Å². The van der Waals surface area contributed by atoms with Gasteiger partial charge < -0.3 is 10.5 Å². The Morgan fingerprint density at radius 1 is 0.963 bits per heavy atom. The van der Waals surface area contributed by atoms with Crippen molar-refractivity contribution in [2.75, 3.05) is 0 Å². The van der Waals surface area contributed by atoms with Crippen LogP contribution in [-0.2, 0) is 4.79 Å². The maximum absolute atomic E-state index is 11.8. The third-order valence-corrected chi connectivity index (χ3v) is 4.12. The van der Waals surface area contributed by atoms with Gasteiger partial charge in [-0.05, 0) is 23.1 Å². The van der Waals surface area contributed by atoms with Gasteiger partial charge in [0, 0.05) is 24.2 Å². The van der Waals surface area contributed by atoms with E-state index in [0.29, 0.717) is 18.4 Å². The molecule has 0 fully saturated rings. The first-order valence-electron chi connectivity index (χ1n) is 8.75. The van der Waals surface area contributed by atoms with Crippen molar-refractivity contribution in [2.45, 2.75) is 19.8 Å². The third kappa shape index (κ3) is 4.39. The molecule has 1 amide bonds. The first-order valence-corrected chi connectivity index (χ1v) is 8.75. The van der Waals surface area contributed by atoms with Gasteiger partial charge in [-0.1, -0.05) is 61.5 Å². The molecule has 0 unspecified atom stereocenters. The normalized spacial score (nSPS) is 10.4. The smallest absolute Gasteiger partial charge is 0.312 e. The number of pyridine rings is 1. The van der Waals surface area contributed by atoms with Crippen LogP contribution in [0.2, 0.25) is 0 Å². The molecule has 0 saturated carbocycles. The topological polar surface area (TPSA) is 82.3 Å². The van der Waals surface area contributed by atoms with Crippen LogP contribution in [0.4, 0.5) is 0 Å². The highest BCUT2D eigenvalue weighted by molar-refractivity contribution is 5.99. The van der Waals surface area contributed by atoms with E-state index < -0.39 is 5.91 Å². The van der Waals surface area contributed by atoms with Crippen LogP contribution in [0.3, 0.4) is 0 Å². The zero-order chi connectivity index (χ0) is 19.2. The molecule has 3 rings (SSSR count). The monoisotopic (exact) mass is 360 g/mol. The summed E-state index contributed by atoms with van der Waals surface area (Å²) >= 11 is 0. The van der Waals surface area contributed by atoms with Crippen LogP contribution in [0, 0.1) is 0 Å². The largest absolute Gasteiger partial charge is 0.407 e. The van der Waals surface area contributed by atoms with Gasteiger partial charge in [-0.2, -0.15) is 0 Å². The van der Waals surface area contributed by atoms with Crippen molar-refractivity contribution in [3.63, 3.8) is 0 Å². The Morgan fingerprint density at radius 2 is 1.59 bits per heavy atom. The van der Waals surface area contributed by atoms with E-state index in [1.54, 1.807) is 6.07 Å². The number of primary amides is 1. The van der Waals surface area contributed by atoms with Crippen molar-refractivity contribution >= 4 is 11.9 Å². The standard InChI is InChI=1S/C22H20N2O3/c1-2-6-21(25)27-20-13-18(19(14-24-20)22(23)26)17-11-9-16(10-12-17)15-7-4-3-5-8-15/h3-5,7-14H,2,6H2,1H3,(H2,23,26). The minimum atomic E-state index is -0.587. The molecule has 0 radical (unpaired) electrons. The molecule has 0 saturated heterocycles. The Kier molecular flexibility index (Phi) is 5.61. The molecule has 1 aromatic heterocycles. The van der Waals surface area contributed by atoms with Gasteiger partial charge in [0.25, 0.3) is 5.91 Å². The molecule has 2 N–H and O–H groups in total. The highest BCUT2D eigenvalue weighted by atomic mass is 16.5. The summed E-state index contributed by atoms with van der Waals surface area (Å²) in [6.45, 7) is 1.89. The molecule has 0 aliphatic carbocycles. The number of nitrogens with two attached hydrogens (primary N) is 1. The summed E-state index contributed by atoms with van der Waals surface area (Å²) in [6.07, 6.45) is 2.34. The number of hydrogen-bond acceptors (Lipinski definition) is 4. The molecule has 0 spiro atoms. The Bertz CT molecular complexity index is 951. The number of carbonyl (C=O) groups excluding carboxylic acids is 2. The van der Waals surface area contributed by atoms with Gasteiger partial charge in [0.1, 0.15) is 0 Å². The van der Waals surface area contributed by atoms with Crippen molar-refractivity contribution < 1.29 is 14.3 Å². The third-order valence-electron chi connectivity index (χ3n) is 4.12. The quantitative estimate of drug-likeness (QED) is 0.667. The number of aromatic nitrogens is 1. The van der Waals surface area contributed by atoms with Crippen LogP contribution in [0.25, 0.3) is 22.3 Å². The van der Waals surface area contributed by atoms with Gasteiger partial charge >= 0.3 is 5.97 Å². The predicted octanol–water partition coefficient (Wildman–Crippen LogP) is 4.22. The van der Waals surface area contributed by atoms with Crippen LogP contribution < -0.4 is 10.5 Å². The fourth-order valence-electron chi connectivity index (χ4n) is 2.77. The van der Waals surface area contributed by atoms with E-state index in [2.05, 4.69) is 4.98 Å². The Labute approximate surface area is 157 Å². The van der Waals surface area contributed by atoms with E-state index >= 15 is 0 Å². The maximum atomic E-state index is 11.8. The van der Waals surface area contributed by atoms with Gasteiger partial charge in [0.15, 0.2) is 0 Å². The number of hydrogen-bond donors (Lipinski definition) is 1. The number of amides is 1. The molecule has 1 heterocycles. The summed E-state index contributed by atoms with van der Waals surface area (Å²) in [5.74, 6) is -0.793. The maximum Gasteiger partial charge on any atom is 0.312 e. The van der Waals surface area contributed by atoms with Crippen LogP contribution in [0.5, 0.6) is 5.88 Å². The van der Waals surface area contributed by atoms with E-state index in [4.69, 9.17) is 10.5 Å². The van der Waals surface area contributed by atoms with E-state index in [-0.39, 0.29) is 17.4 Å². The molecule has 0 aliphatic heterocycles. The van der Waals surface area contributed by atoms with Gasteiger partial charge in [0.2, 0.25) is 5.88 Å². The second-order valence-corrected chi connectivity index (χ2v) is 6.10. The molecule has 136 valence electrons. The van der Waals surface area contributed by atoms with E-state index in [1.165, 1.54) is 6.20 Å². The predicted molar refractivity (Wildman–Crippen MR) is 104 cm³/mol. The Hall–Kier alpha value is -3.47. The van der Waals surface area contributed by atoms with E-state index in [9.17, 15) is 9.59 Å². The molecule has 0 aliphatic rings. The molecule has 5 heteroatoms. The average molecular weight is 360 g/mol. The summed E-state index contributed by atoms with van der Waals surface area (Å²) in [6, 6.07) is 19.3. The molecule has 3 aromatic rings. The number of esters is 1. The minimum Gasteiger partial charge on any atom is -0.407 e. The lowest BCUT2D eigenvalue weighted by atomic mass is 9.98. The van der Waals surface area contributed by atoms with Crippen LogP contribution in [0.1, 0.15) is 30.1 Å². The number of ether oxygens (including phenoxy) is 1. The van der Waals surface area contributed by atoms with Gasteiger partial charge in [-0.3, -0.25) is 9.59 Å². The number of nitrogens with zero attached hydrogens (tertiary/aromatic N) is 1. The zero-order valence-electron chi connectivity index (χ0n) is 15.0. The lowest BCUT2D eigenvalue weighted by molar-refractivity contribution is -0.134. The van der Waals surface area contributed by atoms with Crippen molar-refractivity contribution in [1.82, 2.24) is 4.98 Å². The zero-order valence-corrected chi connectivity index (χ0v) is 15.0. The summed E-state index contributed by atoms with van der Waals surface area (Å²) in [4.78, 5) is 27.6. The molecule has 27 heavy (non-hydrogen) atoms. The Balaban J connectivity index is 1.96. The van der Waals surface area contributed by atoms with Gasteiger partial charge in [-0.25, -0.2) is 4.98 Å². The summed E-state index contributed by atoms with van der Waals surface area (Å²) in [7, 11) is 0. The molecular formula is C22H20N2O3. The lowest BCUT2D eigenvalue weighted by Crippen LogP contribution is -2.14. The van der Waals surface area contributed by atoms with Crippen molar-refractivity contribution in [2.24, 2.45) is 5.73 Å². The summed E-state index contributed by atoms with van der Waals surface area (Å²) in [5.41, 5.74) is 9.29. The average Bonchev–Trinajstić information content (AvgIpc) is 2.69. The molecule has 0 atom stereocenters. The summed E-state index contributed by atoms with van der Waals surface area (Å²) in [5, 5.41) is 0. The first kappa shape index (κ1) is 18.3. The first-order chi connectivity index (χ1) is 13.1. The van der Waals surface area contributed by atoms with Crippen LogP contribution in [-0.4, -0.2) is 16.9 Å². The van der Waals surface area contributed by atoms with Crippen molar-refractivity contribution in [1.29, 1.82) is 0 Å². The summed E-state index contributed by atoms with van der Waals surface area (Å²) < 4.78 is 5.24. The minimum absolute atomic E-state index is 0.153. The second-order valence-electron chi connectivity index (χ2n) is 6.10. The molecule has 2 aromatic carbocycles. The Morgan fingerprint density at radius 3 is 2.22 bits per heavy atom. The highest BCUT2D eigenvalue weighted by Gasteiger charge is 2.14. The highest BCUT2D eigenvalue weighted by Crippen LogP contribution is 2.29. The lowest BCUT2D eigenvalue weighted by Gasteiger charge is -2.10. The fraction of sp³-hybridized carbons (Fsp3) is 0.136. The fourth-order valence-corrected chi connectivity index (χ4v) is 2.77. The SMILES string of the molecule is CCCC(=O)Oc1cc(-c2ccc(-c3ccccc3)cc2)c(C(N)=O)cn1. The number of carbonyl (C=O) groups is 2. The van der Waals surface area contributed by atoms with E-state index in [0.717, 1.165) is 16.7 Å². The van der Waals surface area contributed by atoms with Crippen molar-refractivity contribution in [3.8, 4) is 28.1 Å². The molecular weight excluding hydrogens is 340 g/mol. The van der Waals surface area contributed by atoms with E-state index in [1.807, 2.05) is 61.5 Å². The van der Waals surface area contributed by atoms with Crippen LogP contribution in [0.15, 0.2) is 66.9 Å². The number of benzene rings is 2. The second kappa shape index (κ2) is 8.27. The molecule has 5 nitrogen and oxygen atoms in total. The number of rotatable bonds is 6. The van der Waals surface area contributed by atoms with Crippen LogP contribution >= 0.6 is 0 Å².